The number of rotatable bonds is 7. The number of amides is 1. The monoisotopic (exact) mass is 535 g/mol. The van der Waals surface area contributed by atoms with Crippen molar-refractivity contribution in [2.45, 2.75) is 85.2 Å². The highest BCUT2D eigenvalue weighted by molar-refractivity contribution is 6.30. The van der Waals surface area contributed by atoms with Crippen LogP contribution in [-0.4, -0.2) is 29.4 Å². The van der Waals surface area contributed by atoms with Gasteiger partial charge in [-0.15, -0.1) is 6.58 Å². The van der Waals surface area contributed by atoms with Gasteiger partial charge < -0.3 is 9.64 Å². The maximum absolute atomic E-state index is 12.6. The lowest BCUT2D eigenvalue weighted by molar-refractivity contribution is -0.159. The number of allylic oxidation sites excluding steroid dienone is 1. The van der Waals surface area contributed by atoms with Gasteiger partial charge in [0.2, 0.25) is 5.91 Å². The van der Waals surface area contributed by atoms with Crippen LogP contribution in [0.25, 0.3) is 0 Å². The molecule has 1 aliphatic rings. The summed E-state index contributed by atoms with van der Waals surface area (Å²) in [7, 11) is 0. The van der Waals surface area contributed by atoms with E-state index in [4.69, 9.17) is 27.9 Å². The Bertz CT molecular complexity index is 856. The third-order valence-electron chi connectivity index (χ3n) is 5.22. The van der Waals surface area contributed by atoms with Crippen LogP contribution in [0, 0.1) is 0 Å². The van der Waals surface area contributed by atoms with Crippen molar-refractivity contribution in [1.82, 2.24) is 4.90 Å². The normalized spacial score (nSPS) is 15.0. The van der Waals surface area contributed by atoms with E-state index < -0.39 is 6.04 Å². The number of esters is 1. The van der Waals surface area contributed by atoms with Crippen molar-refractivity contribution in [2.24, 2.45) is 0 Å². The fraction of sp³-hybridized carbons (Fsp3) is 0.467. The van der Waals surface area contributed by atoms with Gasteiger partial charge >= 0.3 is 5.97 Å². The van der Waals surface area contributed by atoms with Gasteiger partial charge in [0.05, 0.1) is 12.6 Å². The minimum absolute atomic E-state index is 0.0282. The number of ether oxygens (including phenoxy) is 1. The Balaban J connectivity index is 0.000000845. The molecule has 4 nitrogen and oxygen atoms in total. The number of benzene rings is 2. The molecule has 2 aromatic rings. The number of piperidine rings is 1. The fourth-order valence-corrected chi connectivity index (χ4v) is 3.87. The van der Waals surface area contributed by atoms with E-state index in [1.807, 2.05) is 82.3 Å². The number of carbonyl (C=O) groups is 2. The molecule has 1 fully saturated rings. The molecule has 1 heterocycles. The fourth-order valence-electron chi connectivity index (χ4n) is 3.60. The lowest BCUT2D eigenvalue weighted by Crippen LogP contribution is -2.49. The SMILES string of the molecule is C=CC.CC.CCCCOC(=O)C(CC)N1C(=O)CCCC1c1ccc(Cl)cc1.Clc1ccccc1. The zero-order chi connectivity index (χ0) is 27.3. The van der Waals surface area contributed by atoms with Gasteiger partial charge in [0.15, 0.2) is 0 Å². The molecular formula is C30H43Cl2NO3. The van der Waals surface area contributed by atoms with Crippen LogP contribution in [0.3, 0.4) is 0 Å². The van der Waals surface area contributed by atoms with E-state index in [0.717, 1.165) is 36.3 Å². The summed E-state index contributed by atoms with van der Waals surface area (Å²) in [5, 5.41) is 1.46. The molecule has 1 amide bonds. The number of unbranched alkanes of at least 4 members (excludes halogenated alkanes) is 1. The lowest BCUT2D eigenvalue weighted by atomic mass is 9.92. The Morgan fingerprint density at radius 2 is 1.64 bits per heavy atom. The van der Waals surface area contributed by atoms with Crippen LogP contribution in [0.4, 0.5) is 0 Å². The summed E-state index contributed by atoms with van der Waals surface area (Å²) >= 11 is 11.5. The number of hydrogen-bond donors (Lipinski definition) is 0. The smallest absolute Gasteiger partial charge is 0.328 e. The van der Waals surface area contributed by atoms with Crippen LogP contribution < -0.4 is 0 Å². The molecule has 0 N–H and O–H groups in total. The quantitative estimate of drug-likeness (QED) is 0.201. The Labute approximate surface area is 228 Å². The predicted molar refractivity (Wildman–Crippen MR) is 154 cm³/mol. The Morgan fingerprint density at radius 3 is 2.11 bits per heavy atom. The topological polar surface area (TPSA) is 46.6 Å². The number of hydrogen-bond acceptors (Lipinski definition) is 3. The van der Waals surface area contributed by atoms with E-state index in [9.17, 15) is 9.59 Å². The zero-order valence-electron chi connectivity index (χ0n) is 22.5. The summed E-state index contributed by atoms with van der Waals surface area (Å²) in [5.41, 5.74) is 1.02. The molecule has 0 bridgehead atoms. The summed E-state index contributed by atoms with van der Waals surface area (Å²) in [6.07, 6.45) is 6.30. The maximum Gasteiger partial charge on any atom is 0.328 e. The van der Waals surface area contributed by atoms with Gasteiger partial charge in [-0.3, -0.25) is 4.79 Å². The summed E-state index contributed by atoms with van der Waals surface area (Å²) in [5.74, 6) is -0.263. The van der Waals surface area contributed by atoms with E-state index >= 15 is 0 Å². The Morgan fingerprint density at radius 1 is 1.08 bits per heavy atom. The van der Waals surface area contributed by atoms with Crippen molar-refractivity contribution in [3.63, 3.8) is 0 Å². The highest BCUT2D eigenvalue weighted by Crippen LogP contribution is 2.34. The number of nitrogens with zero attached hydrogens (tertiary/aromatic N) is 1. The first-order chi connectivity index (χ1) is 17.4. The highest BCUT2D eigenvalue weighted by atomic mass is 35.5. The third kappa shape index (κ3) is 12.6. The molecule has 6 heteroatoms. The molecular weight excluding hydrogens is 493 g/mol. The van der Waals surface area contributed by atoms with E-state index in [1.165, 1.54) is 0 Å². The van der Waals surface area contributed by atoms with Gasteiger partial charge in [-0.2, -0.15) is 0 Å². The van der Waals surface area contributed by atoms with Crippen LogP contribution in [0.15, 0.2) is 67.3 Å². The first kappa shape index (κ1) is 33.7. The number of likely N-dealkylation sites (tertiary alicyclic amines) is 1. The molecule has 200 valence electrons. The van der Waals surface area contributed by atoms with Crippen LogP contribution in [0.2, 0.25) is 10.0 Å². The van der Waals surface area contributed by atoms with Crippen molar-refractivity contribution in [2.75, 3.05) is 6.61 Å². The van der Waals surface area contributed by atoms with E-state index in [-0.39, 0.29) is 17.9 Å². The summed E-state index contributed by atoms with van der Waals surface area (Å²) in [4.78, 5) is 26.8. The largest absolute Gasteiger partial charge is 0.464 e. The van der Waals surface area contributed by atoms with Crippen molar-refractivity contribution >= 4 is 35.1 Å². The second-order valence-corrected chi connectivity index (χ2v) is 8.78. The predicted octanol–water partition coefficient (Wildman–Crippen LogP) is 9.07. The Hall–Kier alpha value is -2.30. The standard InChI is InChI=1S/C19H26ClNO3.C6H5Cl.C3H6.C2H6/c1-3-5-13-24-19(23)16(4-2)21-17(7-6-8-18(21)22)14-9-11-15(20)12-10-14;7-6-4-2-1-3-5-6;1-3-2;1-2/h9-12,16-17H,3-8,13H2,1-2H3;1-5H;3H,1H2,2H3;1-2H3. The molecule has 0 aromatic heterocycles. The molecule has 0 aliphatic carbocycles. The molecule has 1 saturated heterocycles. The average Bonchev–Trinajstić information content (AvgIpc) is 2.89. The molecule has 0 saturated carbocycles. The van der Waals surface area contributed by atoms with Gasteiger partial charge in [0.1, 0.15) is 6.04 Å². The summed E-state index contributed by atoms with van der Waals surface area (Å²) < 4.78 is 5.39. The molecule has 2 unspecified atom stereocenters. The minimum Gasteiger partial charge on any atom is -0.464 e. The zero-order valence-corrected chi connectivity index (χ0v) is 24.0. The van der Waals surface area contributed by atoms with Crippen LogP contribution in [0.5, 0.6) is 0 Å². The number of halogens is 2. The first-order valence-corrected chi connectivity index (χ1v) is 13.7. The molecule has 1 aliphatic heterocycles. The van der Waals surface area contributed by atoms with Crippen molar-refractivity contribution < 1.29 is 14.3 Å². The second kappa shape index (κ2) is 20.8. The van der Waals surface area contributed by atoms with E-state index in [2.05, 4.69) is 13.5 Å². The van der Waals surface area contributed by atoms with Crippen LogP contribution in [-0.2, 0) is 14.3 Å². The van der Waals surface area contributed by atoms with Gasteiger partial charge in [-0.05, 0) is 62.4 Å². The first-order valence-electron chi connectivity index (χ1n) is 12.9. The van der Waals surface area contributed by atoms with Gasteiger partial charge in [-0.1, -0.05) is 93.7 Å². The van der Waals surface area contributed by atoms with Crippen molar-refractivity contribution in [1.29, 1.82) is 0 Å². The minimum atomic E-state index is -0.518. The number of carbonyl (C=O) groups excluding carboxylic acids is 2. The van der Waals surface area contributed by atoms with Gasteiger partial charge in [0.25, 0.3) is 0 Å². The second-order valence-electron chi connectivity index (χ2n) is 7.91. The highest BCUT2D eigenvalue weighted by Gasteiger charge is 2.37. The Kier molecular flexibility index (Phi) is 19.5. The molecule has 0 spiro atoms. The van der Waals surface area contributed by atoms with E-state index in [0.29, 0.717) is 24.5 Å². The van der Waals surface area contributed by atoms with Crippen molar-refractivity contribution in [3.05, 3.63) is 82.9 Å². The molecule has 2 atom stereocenters. The van der Waals surface area contributed by atoms with Crippen LogP contribution in [0.1, 0.15) is 84.7 Å². The summed E-state index contributed by atoms with van der Waals surface area (Å²) in [6, 6.07) is 16.4. The molecule has 36 heavy (non-hydrogen) atoms. The van der Waals surface area contributed by atoms with E-state index in [1.54, 1.807) is 11.0 Å². The van der Waals surface area contributed by atoms with Gasteiger partial charge in [-0.25, -0.2) is 4.79 Å². The van der Waals surface area contributed by atoms with Crippen molar-refractivity contribution in [3.8, 4) is 0 Å². The third-order valence-corrected chi connectivity index (χ3v) is 5.72. The van der Waals surface area contributed by atoms with Crippen LogP contribution >= 0.6 is 23.2 Å². The summed E-state index contributed by atoms with van der Waals surface area (Å²) in [6.45, 7) is 13.6. The molecule has 3 rings (SSSR count). The average molecular weight is 537 g/mol. The lowest BCUT2D eigenvalue weighted by Gasteiger charge is -2.40. The maximum atomic E-state index is 12.6. The van der Waals surface area contributed by atoms with Gasteiger partial charge in [0, 0.05) is 16.5 Å². The molecule has 0 radical (unpaired) electrons. The molecule has 2 aromatic carbocycles.